The molecule has 0 aliphatic heterocycles. The Morgan fingerprint density at radius 2 is 2.32 bits per heavy atom. The van der Waals surface area contributed by atoms with Crippen LogP contribution in [0.1, 0.15) is 36.2 Å². The van der Waals surface area contributed by atoms with Crippen LogP contribution >= 0.6 is 0 Å². The number of hydrogen-bond donors (Lipinski definition) is 2. The van der Waals surface area contributed by atoms with Gasteiger partial charge in [0.2, 0.25) is 0 Å². The highest BCUT2D eigenvalue weighted by atomic mass is 15.0. The van der Waals surface area contributed by atoms with Gasteiger partial charge in [0.1, 0.15) is 5.82 Å². The molecule has 0 bridgehead atoms. The lowest BCUT2D eigenvalue weighted by Gasteiger charge is -2.37. The molecular formula is C16H21N3. The van der Waals surface area contributed by atoms with Crippen molar-refractivity contribution in [2.45, 2.75) is 38.1 Å². The average molecular weight is 255 g/mol. The third-order valence-corrected chi connectivity index (χ3v) is 4.00. The number of rotatable bonds is 6. The molecule has 0 saturated heterocycles. The third kappa shape index (κ3) is 2.56. The molecule has 0 saturated carbocycles. The first kappa shape index (κ1) is 12.4. The van der Waals surface area contributed by atoms with Crippen molar-refractivity contribution in [2.24, 2.45) is 0 Å². The van der Waals surface area contributed by atoms with Crippen LogP contribution in [0.3, 0.4) is 0 Å². The second-order valence-electron chi connectivity index (χ2n) is 5.31. The first-order chi connectivity index (χ1) is 9.38. The van der Waals surface area contributed by atoms with Crippen LogP contribution in [-0.4, -0.2) is 22.6 Å². The third-order valence-electron chi connectivity index (χ3n) is 4.00. The number of H-pyrrole nitrogens is 1. The monoisotopic (exact) mass is 255 g/mol. The zero-order chi connectivity index (χ0) is 13.1. The average Bonchev–Trinajstić information content (AvgIpc) is 2.90. The van der Waals surface area contributed by atoms with Crippen molar-refractivity contribution in [1.82, 2.24) is 15.3 Å². The van der Waals surface area contributed by atoms with Gasteiger partial charge >= 0.3 is 0 Å². The molecule has 1 aliphatic rings. The van der Waals surface area contributed by atoms with E-state index in [1.54, 1.807) is 0 Å². The van der Waals surface area contributed by atoms with E-state index in [2.05, 4.69) is 46.5 Å². The van der Waals surface area contributed by atoms with Gasteiger partial charge in [0.05, 0.1) is 0 Å². The molecule has 0 fully saturated rings. The van der Waals surface area contributed by atoms with Gasteiger partial charge in [-0.15, -0.1) is 0 Å². The molecular weight excluding hydrogens is 234 g/mol. The highest BCUT2D eigenvalue weighted by molar-refractivity contribution is 5.41. The molecule has 1 aromatic heterocycles. The van der Waals surface area contributed by atoms with Gasteiger partial charge in [0.25, 0.3) is 0 Å². The molecule has 1 aromatic carbocycles. The summed E-state index contributed by atoms with van der Waals surface area (Å²) in [6, 6.07) is 9.29. The van der Waals surface area contributed by atoms with Gasteiger partial charge in [0.15, 0.2) is 0 Å². The maximum atomic E-state index is 4.37. The van der Waals surface area contributed by atoms with Gasteiger partial charge in [-0.2, -0.15) is 0 Å². The maximum Gasteiger partial charge on any atom is 0.107 e. The van der Waals surface area contributed by atoms with Gasteiger partial charge < -0.3 is 10.3 Å². The Bertz CT molecular complexity index is 519. The Morgan fingerprint density at radius 1 is 1.42 bits per heavy atom. The molecule has 1 heterocycles. The highest BCUT2D eigenvalue weighted by Gasteiger charge is 2.32. The van der Waals surface area contributed by atoms with E-state index in [1.807, 2.05) is 12.4 Å². The van der Waals surface area contributed by atoms with Gasteiger partial charge in [-0.05, 0) is 30.5 Å². The zero-order valence-corrected chi connectivity index (χ0v) is 11.4. The molecule has 100 valence electrons. The summed E-state index contributed by atoms with van der Waals surface area (Å²) in [6.45, 7) is 3.29. The lowest BCUT2D eigenvalue weighted by atomic mass is 9.72. The molecule has 2 atom stereocenters. The number of benzene rings is 1. The lowest BCUT2D eigenvalue weighted by Crippen LogP contribution is -2.42. The Labute approximate surface area is 114 Å². The van der Waals surface area contributed by atoms with E-state index in [4.69, 9.17) is 0 Å². The van der Waals surface area contributed by atoms with Crippen molar-refractivity contribution in [3.63, 3.8) is 0 Å². The van der Waals surface area contributed by atoms with E-state index in [0.29, 0.717) is 12.0 Å². The van der Waals surface area contributed by atoms with Gasteiger partial charge in [-0.1, -0.05) is 31.2 Å². The van der Waals surface area contributed by atoms with Gasteiger partial charge in [0, 0.05) is 30.8 Å². The number of aromatic nitrogens is 2. The van der Waals surface area contributed by atoms with Crippen molar-refractivity contribution in [2.75, 3.05) is 6.54 Å². The Kier molecular flexibility index (Phi) is 3.65. The van der Waals surface area contributed by atoms with Crippen LogP contribution in [0.5, 0.6) is 0 Å². The van der Waals surface area contributed by atoms with E-state index in [0.717, 1.165) is 18.8 Å². The van der Waals surface area contributed by atoms with E-state index < -0.39 is 0 Å². The van der Waals surface area contributed by atoms with Crippen LogP contribution in [0.4, 0.5) is 0 Å². The number of nitrogens with one attached hydrogen (secondary N) is 2. The van der Waals surface area contributed by atoms with Crippen molar-refractivity contribution in [3.8, 4) is 0 Å². The van der Waals surface area contributed by atoms with Crippen LogP contribution in [0.2, 0.25) is 0 Å². The fourth-order valence-electron chi connectivity index (χ4n) is 2.96. The normalized spacial score (nSPS) is 18.7. The second-order valence-corrected chi connectivity index (χ2v) is 5.31. The van der Waals surface area contributed by atoms with Crippen molar-refractivity contribution >= 4 is 0 Å². The summed E-state index contributed by atoms with van der Waals surface area (Å²) in [5.74, 6) is 1.71. The number of imidazole rings is 1. The van der Waals surface area contributed by atoms with E-state index >= 15 is 0 Å². The molecule has 3 rings (SSSR count). The quantitative estimate of drug-likeness (QED) is 0.833. The smallest absolute Gasteiger partial charge is 0.107 e. The molecule has 2 aromatic rings. The van der Waals surface area contributed by atoms with Gasteiger partial charge in [-0.3, -0.25) is 0 Å². The lowest BCUT2D eigenvalue weighted by molar-refractivity contribution is 0.392. The maximum absolute atomic E-state index is 4.37. The molecule has 3 nitrogen and oxygen atoms in total. The summed E-state index contributed by atoms with van der Waals surface area (Å²) in [7, 11) is 0. The van der Waals surface area contributed by atoms with Crippen LogP contribution < -0.4 is 5.32 Å². The largest absolute Gasteiger partial charge is 0.349 e. The molecule has 0 spiro atoms. The predicted octanol–water partition coefficient (Wildman–Crippen LogP) is 2.66. The van der Waals surface area contributed by atoms with Crippen molar-refractivity contribution < 1.29 is 0 Å². The van der Waals surface area contributed by atoms with Crippen LogP contribution in [0, 0.1) is 0 Å². The fourth-order valence-corrected chi connectivity index (χ4v) is 2.96. The number of aromatic amines is 1. The van der Waals surface area contributed by atoms with Crippen LogP contribution in [0.15, 0.2) is 36.7 Å². The second kappa shape index (κ2) is 5.57. The van der Waals surface area contributed by atoms with Crippen LogP contribution in [0.25, 0.3) is 0 Å². The number of hydrogen-bond acceptors (Lipinski definition) is 2. The summed E-state index contributed by atoms with van der Waals surface area (Å²) in [6.07, 6.45) is 7.08. The minimum atomic E-state index is 0.487. The first-order valence-electron chi connectivity index (χ1n) is 7.18. The standard InChI is InChI=1S/C16H21N3/c1-2-7-17-15(11-16-18-8-9-19-16)14-10-12-5-3-4-6-13(12)14/h3-6,8-9,14-15,17H,2,7,10-11H2,1H3,(H,18,19). The summed E-state index contributed by atoms with van der Waals surface area (Å²) in [4.78, 5) is 7.59. The Morgan fingerprint density at radius 3 is 3.05 bits per heavy atom. The molecule has 0 amide bonds. The van der Waals surface area contributed by atoms with Crippen LogP contribution in [-0.2, 0) is 12.8 Å². The summed E-state index contributed by atoms with van der Waals surface area (Å²) < 4.78 is 0. The van der Waals surface area contributed by atoms with Crippen molar-refractivity contribution in [3.05, 3.63) is 53.6 Å². The molecule has 2 N–H and O–H groups in total. The fraction of sp³-hybridized carbons (Fsp3) is 0.438. The molecule has 19 heavy (non-hydrogen) atoms. The van der Waals surface area contributed by atoms with Crippen molar-refractivity contribution in [1.29, 1.82) is 0 Å². The summed E-state index contributed by atoms with van der Waals surface area (Å²) >= 11 is 0. The molecule has 1 aliphatic carbocycles. The summed E-state index contributed by atoms with van der Waals surface area (Å²) in [5.41, 5.74) is 3.03. The minimum Gasteiger partial charge on any atom is -0.349 e. The molecule has 3 heteroatoms. The number of nitrogens with zero attached hydrogens (tertiary/aromatic N) is 1. The molecule has 0 radical (unpaired) electrons. The molecule has 2 unspecified atom stereocenters. The zero-order valence-electron chi connectivity index (χ0n) is 11.4. The van der Waals surface area contributed by atoms with Gasteiger partial charge in [-0.25, -0.2) is 4.98 Å². The van der Waals surface area contributed by atoms with E-state index in [9.17, 15) is 0 Å². The topological polar surface area (TPSA) is 40.7 Å². The Hall–Kier alpha value is -1.61. The SMILES string of the molecule is CCCNC(Cc1ncc[nH]1)C1Cc2ccccc21. The Balaban J connectivity index is 1.73. The first-order valence-corrected chi connectivity index (χ1v) is 7.18. The summed E-state index contributed by atoms with van der Waals surface area (Å²) in [5, 5.41) is 3.69. The van der Waals surface area contributed by atoms with E-state index in [-0.39, 0.29) is 0 Å². The minimum absolute atomic E-state index is 0.487. The highest BCUT2D eigenvalue weighted by Crippen LogP contribution is 2.38. The predicted molar refractivity (Wildman–Crippen MR) is 77.3 cm³/mol. The number of fused-ring (bicyclic) bond motifs is 1. The van der Waals surface area contributed by atoms with E-state index in [1.165, 1.54) is 24.0 Å².